The number of nitrogens with one attached hydrogen (secondary N) is 2. The van der Waals surface area contributed by atoms with Gasteiger partial charge in [-0.3, -0.25) is 9.78 Å². The molecule has 2 aromatic heterocycles. The van der Waals surface area contributed by atoms with Gasteiger partial charge in [0, 0.05) is 16.9 Å². The van der Waals surface area contributed by atoms with Crippen LogP contribution in [0.1, 0.15) is 10.5 Å². The zero-order chi connectivity index (χ0) is 11.5. The van der Waals surface area contributed by atoms with Crippen molar-refractivity contribution in [3.8, 4) is 0 Å². The smallest absolute Gasteiger partial charge is 0.272 e. The van der Waals surface area contributed by atoms with Gasteiger partial charge in [0.15, 0.2) is 0 Å². The molecule has 2 rings (SSSR count). The number of aromatic amines is 1. The lowest BCUT2D eigenvalue weighted by Gasteiger charge is -2.04. The normalized spacial score (nSPS) is 10.1. The van der Waals surface area contributed by atoms with Crippen LogP contribution >= 0.6 is 27.5 Å². The minimum atomic E-state index is -0.263. The summed E-state index contributed by atoms with van der Waals surface area (Å²) in [7, 11) is 0. The number of anilines is 1. The van der Waals surface area contributed by atoms with Gasteiger partial charge in [0.05, 0.1) is 16.9 Å². The predicted octanol–water partition coefficient (Wildman–Crippen LogP) is 3.08. The molecule has 4 nitrogen and oxygen atoms in total. The average molecular weight is 301 g/mol. The number of halogens is 2. The number of carbonyl (C=O) groups excluding carboxylic acids is 1. The van der Waals surface area contributed by atoms with Gasteiger partial charge in [-0.1, -0.05) is 11.6 Å². The Bertz CT molecular complexity index is 526. The summed E-state index contributed by atoms with van der Waals surface area (Å²) in [5, 5.41) is 3.11. The molecule has 0 aliphatic rings. The molecule has 0 bridgehead atoms. The van der Waals surface area contributed by atoms with Gasteiger partial charge in [-0.05, 0) is 28.1 Å². The van der Waals surface area contributed by atoms with E-state index in [2.05, 4.69) is 31.2 Å². The van der Waals surface area contributed by atoms with Crippen molar-refractivity contribution in [1.82, 2.24) is 9.97 Å². The van der Waals surface area contributed by atoms with Crippen molar-refractivity contribution in [2.24, 2.45) is 0 Å². The van der Waals surface area contributed by atoms with Crippen LogP contribution in [0, 0.1) is 0 Å². The van der Waals surface area contributed by atoms with Gasteiger partial charge in [-0.25, -0.2) is 0 Å². The molecular weight excluding hydrogens is 293 g/mol. The number of hydrogen-bond acceptors (Lipinski definition) is 2. The standard InChI is InChI=1S/C10H7BrClN3O/c11-6-3-8(14-4-6)10(16)15-9-5-13-2-1-7(9)12/h1-5,14H,(H,15,16). The maximum absolute atomic E-state index is 11.7. The molecule has 6 heteroatoms. The average Bonchev–Trinajstić information content (AvgIpc) is 2.68. The second kappa shape index (κ2) is 4.67. The van der Waals surface area contributed by atoms with E-state index < -0.39 is 0 Å². The third kappa shape index (κ3) is 2.43. The first kappa shape index (κ1) is 11.2. The Hall–Kier alpha value is -1.33. The molecule has 0 aliphatic carbocycles. The first-order chi connectivity index (χ1) is 7.66. The fourth-order valence-corrected chi connectivity index (χ4v) is 1.65. The number of rotatable bonds is 2. The molecule has 0 atom stereocenters. The van der Waals surface area contributed by atoms with Crippen LogP contribution in [0.3, 0.4) is 0 Å². The van der Waals surface area contributed by atoms with Gasteiger partial charge >= 0.3 is 0 Å². The highest BCUT2D eigenvalue weighted by molar-refractivity contribution is 9.10. The summed E-state index contributed by atoms with van der Waals surface area (Å²) >= 11 is 9.14. The van der Waals surface area contributed by atoms with E-state index in [1.54, 1.807) is 24.5 Å². The van der Waals surface area contributed by atoms with E-state index >= 15 is 0 Å². The molecule has 16 heavy (non-hydrogen) atoms. The lowest BCUT2D eigenvalue weighted by molar-refractivity contribution is 0.102. The van der Waals surface area contributed by atoms with Crippen LogP contribution in [0.25, 0.3) is 0 Å². The summed E-state index contributed by atoms with van der Waals surface area (Å²) in [5.41, 5.74) is 0.937. The zero-order valence-electron chi connectivity index (χ0n) is 8.00. The molecule has 2 heterocycles. The summed E-state index contributed by atoms with van der Waals surface area (Å²) < 4.78 is 0.815. The highest BCUT2D eigenvalue weighted by atomic mass is 79.9. The van der Waals surface area contributed by atoms with Crippen molar-refractivity contribution in [1.29, 1.82) is 0 Å². The molecule has 0 saturated heterocycles. The Labute approximate surface area is 105 Å². The second-order valence-corrected chi connectivity index (χ2v) is 4.36. The number of pyridine rings is 1. The number of H-pyrrole nitrogens is 1. The molecule has 1 amide bonds. The molecule has 82 valence electrons. The Kier molecular flexibility index (Phi) is 3.26. The van der Waals surface area contributed by atoms with Crippen LogP contribution < -0.4 is 5.32 Å². The van der Waals surface area contributed by atoms with E-state index in [0.29, 0.717) is 16.4 Å². The Morgan fingerprint density at radius 1 is 1.56 bits per heavy atom. The summed E-state index contributed by atoms with van der Waals surface area (Å²) in [6, 6.07) is 3.29. The third-order valence-electron chi connectivity index (χ3n) is 1.91. The summed E-state index contributed by atoms with van der Waals surface area (Å²) in [4.78, 5) is 18.4. The van der Waals surface area contributed by atoms with E-state index in [4.69, 9.17) is 11.6 Å². The van der Waals surface area contributed by atoms with Crippen LogP contribution in [0.4, 0.5) is 5.69 Å². The molecule has 0 saturated carbocycles. The fourth-order valence-electron chi connectivity index (χ4n) is 1.16. The quantitative estimate of drug-likeness (QED) is 0.895. The number of nitrogens with zero attached hydrogens (tertiary/aromatic N) is 1. The number of carbonyl (C=O) groups is 1. The summed E-state index contributed by atoms with van der Waals surface area (Å²) in [6.45, 7) is 0. The first-order valence-electron chi connectivity index (χ1n) is 4.41. The Balaban J connectivity index is 2.17. The molecule has 0 fully saturated rings. The maximum atomic E-state index is 11.7. The summed E-state index contributed by atoms with van der Waals surface area (Å²) in [5.74, 6) is -0.263. The number of aromatic nitrogens is 2. The molecule has 0 radical (unpaired) electrons. The molecule has 0 aliphatic heterocycles. The van der Waals surface area contributed by atoms with E-state index in [1.807, 2.05) is 0 Å². The van der Waals surface area contributed by atoms with Crippen LogP contribution in [-0.2, 0) is 0 Å². The van der Waals surface area contributed by atoms with E-state index in [9.17, 15) is 4.79 Å². The third-order valence-corrected chi connectivity index (χ3v) is 2.70. The van der Waals surface area contributed by atoms with Crippen molar-refractivity contribution in [3.05, 3.63) is 45.9 Å². The van der Waals surface area contributed by atoms with E-state index in [1.165, 1.54) is 6.20 Å². The van der Waals surface area contributed by atoms with Crippen LogP contribution in [0.2, 0.25) is 5.02 Å². The highest BCUT2D eigenvalue weighted by Crippen LogP contribution is 2.20. The molecule has 2 aromatic rings. The molecule has 0 spiro atoms. The van der Waals surface area contributed by atoms with Crippen molar-refractivity contribution in [3.63, 3.8) is 0 Å². The highest BCUT2D eigenvalue weighted by Gasteiger charge is 2.09. The zero-order valence-corrected chi connectivity index (χ0v) is 10.3. The van der Waals surface area contributed by atoms with Gasteiger partial charge in [-0.15, -0.1) is 0 Å². The van der Waals surface area contributed by atoms with Crippen molar-refractivity contribution >= 4 is 39.1 Å². The number of hydrogen-bond donors (Lipinski definition) is 2. The topological polar surface area (TPSA) is 57.8 Å². The lowest BCUT2D eigenvalue weighted by Crippen LogP contribution is -2.12. The Morgan fingerprint density at radius 2 is 2.38 bits per heavy atom. The maximum Gasteiger partial charge on any atom is 0.272 e. The van der Waals surface area contributed by atoms with Gasteiger partial charge in [-0.2, -0.15) is 0 Å². The van der Waals surface area contributed by atoms with Gasteiger partial charge in [0.25, 0.3) is 5.91 Å². The molecular formula is C10H7BrClN3O. The Morgan fingerprint density at radius 3 is 3.00 bits per heavy atom. The first-order valence-corrected chi connectivity index (χ1v) is 5.58. The molecule has 0 aromatic carbocycles. The fraction of sp³-hybridized carbons (Fsp3) is 0. The van der Waals surface area contributed by atoms with E-state index in [0.717, 1.165) is 4.47 Å². The number of amides is 1. The van der Waals surface area contributed by atoms with Crippen molar-refractivity contribution in [2.45, 2.75) is 0 Å². The SMILES string of the molecule is O=C(Nc1cnccc1Cl)c1cc(Br)c[nH]1. The van der Waals surface area contributed by atoms with Gasteiger partial charge < -0.3 is 10.3 Å². The molecule has 2 N–H and O–H groups in total. The largest absolute Gasteiger partial charge is 0.356 e. The van der Waals surface area contributed by atoms with Crippen LogP contribution in [-0.4, -0.2) is 15.9 Å². The van der Waals surface area contributed by atoms with Crippen LogP contribution in [0.15, 0.2) is 35.2 Å². The second-order valence-electron chi connectivity index (χ2n) is 3.04. The van der Waals surface area contributed by atoms with E-state index in [-0.39, 0.29) is 5.91 Å². The minimum Gasteiger partial charge on any atom is -0.356 e. The molecule has 0 unspecified atom stereocenters. The minimum absolute atomic E-state index is 0.263. The monoisotopic (exact) mass is 299 g/mol. The predicted molar refractivity (Wildman–Crippen MR) is 65.7 cm³/mol. The van der Waals surface area contributed by atoms with Crippen LogP contribution in [0.5, 0.6) is 0 Å². The van der Waals surface area contributed by atoms with Gasteiger partial charge in [0.1, 0.15) is 5.69 Å². The van der Waals surface area contributed by atoms with Gasteiger partial charge in [0.2, 0.25) is 0 Å². The lowest BCUT2D eigenvalue weighted by atomic mass is 10.3. The van der Waals surface area contributed by atoms with Crippen molar-refractivity contribution < 1.29 is 4.79 Å². The van der Waals surface area contributed by atoms with Crippen molar-refractivity contribution in [2.75, 3.05) is 5.32 Å². The summed E-state index contributed by atoms with van der Waals surface area (Å²) in [6.07, 6.45) is 4.74.